The Kier molecular flexibility index (Phi) is 5.98. The second-order valence-electron chi connectivity index (χ2n) is 7.30. The van der Waals surface area contributed by atoms with E-state index < -0.39 is 24.1 Å². The van der Waals surface area contributed by atoms with Crippen molar-refractivity contribution in [3.05, 3.63) is 35.9 Å². The average Bonchev–Trinajstić information content (AvgIpc) is 3.25. The highest BCUT2D eigenvalue weighted by molar-refractivity contribution is 5.90. The molecular formula is C20H26N2O5. The standard InChI is InChI=1S/C20H26N2O5/c1-2-16(21-20(26)27-12-13-7-4-3-5-8-13)18(23)22-11-14-9-6-10-15(14)17(22)19(24)25/h3-5,7-8,14-17H,2,6,9-12H2,1H3,(H,21,26)(H,24,25)/t14-,15-,16?,17-/m0/s1. The molecule has 1 aromatic carbocycles. The lowest BCUT2D eigenvalue weighted by Crippen LogP contribution is -2.52. The average molecular weight is 374 g/mol. The summed E-state index contributed by atoms with van der Waals surface area (Å²) in [5.74, 6) is -1.03. The van der Waals surface area contributed by atoms with Crippen LogP contribution < -0.4 is 5.32 Å². The van der Waals surface area contributed by atoms with Crippen molar-refractivity contribution in [2.45, 2.75) is 51.3 Å². The number of nitrogens with one attached hydrogen (secondary N) is 1. The maximum absolute atomic E-state index is 12.9. The third kappa shape index (κ3) is 4.23. The summed E-state index contributed by atoms with van der Waals surface area (Å²) in [6.07, 6.45) is 2.52. The number of aliphatic carboxylic acids is 1. The van der Waals surface area contributed by atoms with Gasteiger partial charge in [0, 0.05) is 6.54 Å². The molecule has 0 bridgehead atoms. The summed E-state index contributed by atoms with van der Waals surface area (Å²) in [4.78, 5) is 38.2. The molecule has 1 aliphatic heterocycles. The van der Waals surface area contributed by atoms with Gasteiger partial charge >= 0.3 is 12.1 Å². The fraction of sp³-hybridized carbons (Fsp3) is 0.550. The van der Waals surface area contributed by atoms with Crippen LogP contribution in [-0.2, 0) is 20.9 Å². The Morgan fingerprint density at radius 3 is 2.67 bits per heavy atom. The van der Waals surface area contributed by atoms with Crippen molar-refractivity contribution < 1.29 is 24.2 Å². The minimum Gasteiger partial charge on any atom is -0.480 e. The van der Waals surface area contributed by atoms with Gasteiger partial charge in [-0.15, -0.1) is 0 Å². The number of carboxylic acids is 1. The van der Waals surface area contributed by atoms with Crippen LogP contribution in [0.15, 0.2) is 30.3 Å². The number of rotatable bonds is 6. The molecule has 0 radical (unpaired) electrons. The molecule has 7 nitrogen and oxygen atoms in total. The van der Waals surface area contributed by atoms with Gasteiger partial charge < -0.3 is 20.1 Å². The van der Waals surface area contributed by atoms with Crippen LogP contribution in [-0.4, -0.2) is 46.6 Å². The van der Waals surface area contributed by atoms with E-state index in [2.05, 4.69) is 5.32 Å². The van der Waals surface area contributed by atoms with E-state index in [1.54, 1.807) is 6.92 Å². The summed E-state index contributed by atoms with van der Waals surface area (Å²) >= 11 is 0. The van der Waals surface area contributed by atoms with Crippen LogP contribution in [0.2, 0.25) is 0 Å². The highest BCUT2D eigenvalue weighted by Gasteiger charge is 2.50. The Morgan fingerprint density at radius 2 is 2.00 bits per heavy atom. The van der Waals surface area contributed by atoms with E-state index in [-0.39, 0.29) is 24.3 Å². The molecule has 2 amide bonds. The van der Waals surface area contributed by atoms with Crippen molar-refractivity contribution >= 4 is 18.0 Å². The van der Waals surface area contributed by atoms with Crippen LogP contribution >= 0.6 is 0 Å². The second-order valence-corrected chi connectivity index (χ2v) is 7.30. The fourth-order valence-electron chi connectivity index (χ4n) is 4.29. The first-order valence-corrected chi connectivity index (χ1v) is 9.51. The molecule has 2 fully saturated rings. The number of hydrogen-bond donors (Lipinski definition) is 2. The largest absolute Gasteiger partial charge is 0.480 e. The van der Waals surface area contributed by atoms with E-state index in [4.69, 9.17) is 4.74 Å². The van der Waals surface area contributed by atoms with Gasteiger partial charge in [-0.2, -0.15) is 0 Å². The molecule has 7 heteroatoms. The topological polar surface area (TPSA) is 95.9 Å². The van der Waals surface area contributed by atoms with Crippen LogP contribution in [0.1, 0.15) is 38.2 Å². The highest BCUT2D eigenvalue weighted by atomic mass is 16.5. The summed E-state index contributed by atoms with van der Waals surface area (Å²) in [5, 5.41) is 12.2. The number of likely N-dealkylation sites (tertiary alicyclic amines) is 1. The van der Waals surface area contributed by atoms with Crippen LogP contribution in [0.3, 0.4) is 0 Å². The molecular weight excluding hydrogens is 348 g/mol. The molecule has 1 aliphatic carbocycles. The Bertz CT molecular complexity index is 693. The molecule has 4 atom stereocenters. The van der Waals surface area contributed by atoms with Gasteiger partial charge in [0.2, 0.25) is 5.91 Å². The molecule has 0 aromatic heterocycles. The monoisotopic (exact) mass is 374 g/mol. The van der Waals surface area contributed by atoms with Crippen molar-refractivity contribution in [2.24, 2.45) is 11.8 Å². The number of carbonyl (C=O) groups excluding carboxylic acids is 2. The van der Waals surface area contributed by atoms with Crippen molar-refractivity contribution in [1.29, 1.82) is 0 Å². The molecule has 1 aromatic rings. The van der Waals surface area contributed by atoms with E-state index in [0.29, 0.717) is 13.0 Å². The number of ether oxygens (including phenoxy) is 1. The van der Waals surface area contributed by atoms with Gasteiger partial charge in [0.1, 0.15) is 18.7 Å². The maximum Gasteiger partial charge on any atom is 0.408 e. The Balaban J connectivity index is 1.60. The summed E-state index contributed by atoms with van der Waals surface area (Å²) in [6, 6.07) is 7.69. The number of carbonyl (C=O) groups is 3. The molecule has 3 rings (SSSR count). The lowest BCUT2D eigenvalue weighted by molar-refractivity contribution is -0.150. The Hall–Kier alpha value is -2.57. The summed E-state index contributed by atoms with van der Waals surface area (Å²) < 4.78 is 5.18. The third-order valence-corrected chi connectivity index (χ3v) is 5.64. The Morgan fingerprint density at radius 1 is 1.26 bits per heavy atom. The first-order valence-electron chi connectivity index (χ1n) is 9.51. The van der Waals surface area contributed by atoms with Crippen LogP contribution in [0.4, 0.5) is 4.79 Å². The lowest BCUT2D eigenvalue weighted by atomic mass is 9.94. The van der Waals surface area contributed by atoms with Gasteiger partial charge in [-0.25, -0.2) is 9.59 Å². The van der Waals surface area contributed by atoms with Gasteiger partial charge in [0.05, 0.1) is 0 Å². The minimum atomic E-state index is -0.959. The number of carboxylic acid groups (broad SMARTS) is 1. The van der Waals surface area contributed by atoms with Gasteiger partial charge in [0.15, 0.2) is 0 Å². The maximum atomic E-state index is 12.9. The van der Waals surface area contributed by atoms with E-state index in [1.165, 1.54) is 4.90 Å². The van der Waals surface area contributed by atoms with Gasteiger partial charge in [-0.05, 0) is 36.7 Å². The van der Waals surface area contributed by atoms with E-state index in [9.17, 15) is 19.5 Å². The first-order chi connectivity index (χ1) is 13.0. The minimum absolute atomic E-state index is 0.0222. The van der Waals surface area contributed by atoms with Crippen molar-refractivity contribution in [1.82, 2.24) is 10.2 Å². The number of fused-ring (bicyclic) bond motifs is 1. The van der Waals surface area contributed by atoms with Crippen molar-refractivity contribution in [3.63, 3.8) is 0 Å². The smallest absolute Gasteiger partial charge is 0.408 e. The van der Waals surface area contributed by atoms with Gasteiger partial charge in [-0.3, -0.25) is 4.79 Å². The van der Waals surface area contributed by atoms with E-state index in [1.807, 2.05) is 30.3 Å². The van der Waals surface area contributed by atoms with Gasteiger partial charge in [-0.1, -0.05) is 43.7 Å². The first kappa shape index (κ1) is 19.2. The molecule has 0 spiro atoms. The fourth-order valence-corrected chi connectivity index (χ4v) is 4.29. The Labute approximate surface area is 158 Å². The summed E-state index contributed by atoms with van der Waals surface area (Å²) in [6.45, 7) is 2.35. The normalized spacial score (nSPS) is 24.9. The molecule has 2 N–H and O–H groups in total. The number of alkyl carbamates (subject to hydrolysis) is 1. The zero-order valence-corrected chi connectivity index (χ0v) is 15.5. The zero-order chi connectivity index (χ0) is 19.4. The molecule has 146 valence electrons. The molecule has 1 saturated carbocycles. The lowest BCUT2D eigenvalue weighted by Gasteiger charge is -2.28. The quantitative estimate of drug-likeness (QED) is 0.797. The molecule has 27 heavy (non-hydrogen) atoms. The van der Waals surface area contributed by atoms with Crippen LogP contribution in [0.5, 0.6) is 0 Å². The number of benzene rings is 1. The van der Waals surface area contributed by atoms with Crippen LogP contribution in [0, 0.1) is 11.8 Å². The highest BCUT2D eigenvalue weighted by Crippen LogP contribution is 2.42. The number of nitrogens with zero attached hydrogens (tertiary/aromatic N) is 1. The second kappa shape index (κ2) is 8.41. The van der Waals surface area contributed by atoms with Crippen LogP contribution in [0.25, 0.3) is 0 Å². The predicted molar refractivity (Wildman–Crippen MR) is 97.8 cm³/mol. The molecule has 1 unspecified atom stereocenters. The van der Waals surface area contributed by atoms with E-state index >= 15 is 0 Å². The van der Waals surface area contributed by atoms with Crippen molar-refractivity contribution in [3.8, 4) is 0 Å². The SMILES string of the molecule is CCC(NC(=O)OCc1ccccc1)C(=O)N1C[C@@H]2CCC[C@@H]2[C@H]1C(=O)O. The molecule has 2 aliphatic rings. The molecule has 1 heterocycles. The van der Waals surface area contributed by atoms with Crippen molar-refractivity contribution in [2.75, 3.05) is 6.54 Å². The number of hydrogen-bond acceptors (Lipinski definition) is 4. The number of amides is 2. The van der Waals surface area contributed by atoms with E-state index in [0.717, 1.165) is 24.8 Å². The van der Waals surface area contributed by atoms with Gasteiger partial charge in [0.25, 0.3) is 0 Å². The summed E-state index contributed by atoms with van der Waals surface area (Å²) in [5.41, 5.74) is 0.852. The predicted octanol–water partition coefficient (Wildman–Crippen LogP) is 2.40. The third-order valence-electron chi connectivity index (χ3n) is 5.64. The zero-order valence-electron chi connectivity index (χ0n) is 15.5. The molecule has 1 saturated heterocycles. The summed E-state index contributed by atoms with van der Waals surface area (Å²) in [7, 11) is 0.